The fourth-order valence-corrected chi connectivity index (χ4v) is 12.4. The van der Waals surface area contributed by atoms with E-state index in [1.807, 2.05) is 0 Å². The van der Waals surface area contributed by atoms with E-state index in [1.165, 1.54) is 94.3 Å². The molecular formula is C62H40N2. The lowest BCUT2D eigenvalue weighted by atomic mass is 9.65. The van der Waals surface area contributed by atoms with Crippen molar-refractivity contribution in [2.45, 2.75) is 10.8 Å². The van der Waals surface area contributed by atoms with Crippen LogP contribution in [0.25, 0.3) is 49.7 Å². The second-order valence-electron chi connectivity index (χ2n) is 17.5. The molecule has 0 bridgehead atoms. The molecule has 0 fully saturated rings. The Balaban J connectivity index is 1.12. The van der Waals surface area contributed by atoms with Crippen LogP contribution in [0.3, 0.4) is 0 Å². The van der Waals surface area contributed by atoms with Crippen molar-refractivity contribution in [1.82, 2.24) is 4.57 Å². The van der Waals surface area contributed by atoms with E-state index in [2.05, 4.69) is 252 Å². The molecule has 14 rings (SSSR count). The number of fused-ring (bicyclic) bond motifs is 15. The molecular weight excluding hydrogens is 773 g/mol. The average molecular weight is 813 g/mol. The summed E-state index contributed by atoms with van der Waals surface area (Å²) in [6.45, 7) is 0. The summed E-state index contributed by atoms with van der Waals surface area (Å²) in [5.41, 5.74) is 21.4. The average Bonchev–Trinajstić information content (AvgIpc) is 3.99. The van der Waals surface area contributed by atoms with E-state index >= 15 is 0 Å². The molecule has 10 aromatic carbocycles. The summed E-state index contributed by atoms with van der Waals surface area (Å²) in [6, 6.07) is 90.8. The van der Waals surface area contributed by atoms with Gasteiger partial charge in [0, 0.05) is 27.6 Å². The standard InChI is InChI=1S/C62H40N2/c1-4-21-41(22-5-1)61(42-23-6-2-7-24-42)49-32-13-10-27-44(49)46-30-19-40-57(59(46)61)63(43-25-8-3-9-26-43)56-39-20-35-52-58(56)48-29-11-14-33-50(48)62(52)51-34-15-17-38-55(51)64-54-37-16-12-28-45(54)47-31-18-36-53(62)60(47)64/h1-40H. The number of benzene rings is 10. The maximum absolute atomic E-state index is 2.58. The van der Waals surface area contributed by atoms with Gasteiger partial charge in [-0.1, -0.05) is 206 Å². The fraction of sp³-hybridized carbons (Fsp3) is 0.0323. The summed E-state index contributed by atoms with van der Waals surface area (Å²) in [5.74, 6) is 0. The monoisotopic (exact) mass is 812 g/mol. The highest BCUT2D eigenvalue weighted by atomic mass is 15.2. The Morgan fingerprint density at radius 3 is 1.61 bits per heavy atom. The molecule has 1 unspecified atom stereocenters. The zero-order valence-corrected chi connectivity index (χ0v) is 35.0. The normalized spacial score (nSPS) is 15.7. The number of rotatable bonds is 5. The van der Waals surface area contributed by atoms with E-state index in [1.54, 1.807) is 0 Å². The summed E-state index contributed by atoms with van der Waals surface area (Å²) >= 11 is 0. The Morgan fingerprint density at radius 1 is 0.328 bits per heavy atom. The van der Waals surface area contributed by atoms with E-state index < -0.39 is 10.8 Å². The summed E-state index contributed by atoms with van der Waals surface area (Å²) < 4.78 is 2.53. The lowest BCUT2D eigenvalue weighted by Gasteiger charge is -2.40. The smallest absolute Gasteiger partial charge is 0.0755 e. The predicted octanol–water partition coefficient (Wildman–Crippen LogP) is 15.3. The van der Waals surface area contributed by atoms with Crippen molar-refractivity contribution in [2.75, 3.05) is 4.90 Å². The molecule has 2 aliphatic carbocycles. The van der Waals surface area contributed by atoms with Gasteiger partial charge >= 0.3 is 0 Å². The van der Waals surface area contributed by atoms with Crippen LogP contribution >= 0.6 is 0 Å². The van der Waals surface area contributed by atoms with Gasteiger partial charge < -0.3 is 9.47 Å². The molecule has 1 aliphatic heterocycles. The molecule has 3 aliphatic rings. The molecule has 0 amide bonds. The second-order valence-corrected chi connectivity index (χ2v) is 17.5. The van der Waals surface area contributed by atoms with Gasteiger partial charge in [0.2, 0.25) is 0 Å². The number of nitrogens with zero attached hydrogens (tertiary/aromatic N) is 2. The van der Waals surface area contributed by atoms with Gasteiger partial charge in [0.25, 0.3) is 0 Å². The Morgan fingerprint density at radius 2 is 0.844 bits per heavy atom. The van der Waals surface area contributed by atoms with Crippen molar-refractivity contribution < 1.29 is 0 Å². The molecule has 1 atom stereocenters. The molecule has 0 saturated carbocycles. The van der Waals surface area contributed by atoms with Crippen molar-refractivity contribution >= 4 is 38.9 Å². The fourth-order valence-electron chi connectivity index (χ4n) is 12.4. The van der Waals surface area contributed by atoms with Gasteiger partial charge in [-0.2, -0.15) is 0 Å². The van der Waals surface area contributed by atoms with Crippen molar-refractivity contribution in [3.63, 3.8) is 0 Å². The number of anilines is 3. The molecule has 64 heavy (non-hydrogen) atoms. The van der Waals surface area contributed by atoms with Gasteiger partial charge in [-0.05, 0) is 92.0 Å². The quantitative estimate of drug-likeness (QED) is 0.168. The van der Waals surface area contributed by atoms with Crippen LogP contribution in [0.2, 0.25) is 0 Å². The Hall–Kier alpha value is -8.20. The highest BCUT2D eigenvalue weighted by molar-refractivity contribution is 6.13. The van der Waals surface area contributed by atoms with Crippen molar-refractivity contribution in [1.29, 1.82) is 0 Å². The van der Waals surface area contributed by atoms with Crippen LogP contribution in [0.5, 0.6) is 0 Å². The third-order valence-corrected chi connectivity index (χ3v) is 14.6. The molecule has 11 aromatic rings. The predicted molar refractivity (Wildman–Crippen MR) is 264 cm³/mol. The van der Waals surface area contributed by atoms with E-state index in [0.717, 1.165) is 17.1 Å². The van der Waals surface area contributed by atoms with Gasteiger partial charge in [-0.3, -0.25) is 0 Å². The first-order valence-electron chi connectivity index (χ1n) is 22.4. The number of hydrogen-bond donors (Lipinski definition) is 0. The van der Waals surface area contributed by atoms with Gasteiger partial charge in [-0.25, -0.2) is 0 Å². The largest absolute Gasteiger partial charge is 0.310 e. The summed E-state index contributed by atoms with van der Waals surface area (Å²) in [6.07, 6.45) is 0. The minimum Gasteiger partial charge on any atom is -0.310 e. The van der Waals surface area contributed by atoms with Crippen molar-refractivity contribution in [2.24, 2.45) is 0 Å². The molecule has 0 N–H and O–H groups in total. The third-order valence-electron chi connectivity index (χ3n) is 14.6. The van der Waals surface area contributed by atoms with Crippen LogP contribution < -0.4 is 4.90 Å². The molecule has 298 valence electrons. The molecule has 2 heteroatoms. The molecule has 2 heterocycles. The molecule has 2 nitrogen and oxygen atoms in total. The van der Waals surface area contributed by atoms with Crippen molar-refractivity contribution in [3.8, 4) is 27.9 Å². The van der Waals surface area contributed by atoms with Crippen LogP contribution in [0.4, 0.5) is 17.1 Å². The van der Waals surface area contributed by atoms with Gasteiger partial charge in [-0.15, -0.1) is 0 Å². The van der Waals surface area contributed by atoms with Gasteiger partial charge in [0.05, 0.1) is 38.9 Å². The topological polar surface area (TPSA) is 8.17 Å². The number of hydrogen-bond acceptors (Lipinski definition) is 1. The molecule has 1 spiro atoms. The van der Waals surface area contributed by atoms with Crippen molar-refractivity contribution in [3.05, 3.63) is 287 Å². The van der Waals surface area contributed by atoms with Gasteiger partial charge in [0.1, 0.15) is 0 Å². The third kappa shape index (κ3) is 4.34. The Labute approximate surface area is 372 Å². The molecule has 0 radical (unpaired) electrons. The first-order chi connectivity index (χ1) is 31.8. The zero-order chi connectivity index (χ0) is 42.0. The Kier molecular flexibility index (Phi) is 7.28. The summed E-state index contributed by atoms with van der Waals surface area (Å²) in [7, 11) is 0. The maximum Gasteiger partial charge on any atom is 0.0755 e. The highest BCUT2D eigenvalue weighted by Gasteiger charge is 2.53. The first-order valence-corrected chi connectivity index (χ1v) is 22.4. The van der Waals surface area contributed by atoms with E-state index in [-0.39, 0.29) is 0 Å². The lowest BCUT2D eigenvalue weighted by Crippen LogP contribution is -2.33. The summed E-state index contributed by atoms with van der Waals surface area (Å²) in [5, 5.41) is 2.56. The highest BCUT2D eigenvalue weighted by Crippen LogP contribution is 2.65. The van der Waals surface area contributed by atoms with Crippen LogP contribution in [-0.2, 0) is 10.8 Å². The Bertz CT molecular complexity index is 3640. The first kappa shape index (κ1) is 35.4. The van der Waals surface area contributed by atoms with E-state index in [0.29, 0.717) is 0 Å². The van der Waals surface area contributed by atoms with Gasteiger partial charge in [0.15, 0.2) is 0 Å². The minimum absolute atomic E-state index is 0.572. The molecule has 1 aromatic heterocycles. The van der Waals surface area contributed by atoms with Crippen LogP contribution in [0.15, 0.2) is 243 Å². The van der Waals surface area contributed by atoms with Crippen LogP contribution in [-0.4, -0.2) is 4.57 Å². The molecule has 0 saturated heterocycles. The maximum atomic E-state index is 2.58. The number of aromatic nitrogens is 1. The second kappa shape index (κ2) is 13.2. The minimum atomic E-state index is -0.597. The van der Waals surface area contributed by atoms with E-state index in [9.17, 15) is 0 Å². The lowest BCUT2D eigenvalue weighted by molar-refractivity contribution is 0.748. The van der Waals surface area contributed by atoms with Crippen LogP contribution in [0, 0.1) is 0 Å². The zero-order valence-electron chi connectivity index (χ0n) is 35.0. The summed E-state index contributed by atoms with van der Waals surface area (Å²) in [4.78, 5) is 2.58. The number of para-hydroxylation sites is 4. The SMILES string of the molecule is c1ccc(N(c2cccc3c2-c2ccccc2C32c3ccccc3-n3c4ccccc4c4cccc2c43)c2cccc3c2C(c2ccccc2)(c2ccccc2)c2ccccc2-3)cc1. The van der Waals surface area contributed by atoms with Crippen LogP contribution in [0.1, 0.15) is 44.5 Å². The van der Waals surface area contributed by atoms with E-state index in [4.69, 9.17) is 0 Å².